The van der Waals surface area contributed by atoms with Crippen LogP contribution in [-0.4, -0.2) is 22.1 Å². The van der Waals surface area contributed by atoms with Crippen LogP contribution in [0.1, 0.15) is 23.6 Å². The Morgan fingerprint density at radius 1 is 1.04 bits per heavy atom. The molecule has 0 aliphatic carbocycles. The number of nitrogens with one attached hydrogen (secondary N) is 2. The lowest BCUT2D eigenvalue weighted by molar-refractivity contribution is 0.811. The molecule has 5 nitrogen and oxygen atoms in total. The van der Waals surface area contributed by atoms with E-state index in [2.05, 4.69) is 65.9 Å². The van der Waals surface area contributed by atoms with Crippen molar-refractivity contribution in [1.82, 2.24) is 20.2 Å². The van der Waals surface area contributed by atoms with Crippen molar-refractivity contribution >= 4 is 5.96 Å². The van der Waals surface area contributed by atoms with E-state index in [-0.39, 0.29) is 0 Å². The molecule has 2 aromatic carbocycles. The molecule has 0 radical (unpaired) electrons. The molecule has 0 aliphatic heterocycles. The Morgan fingerprint density at radius 2 is 1.81 bits per heavy atom. The van der Waals surface area contributed by atoms with Crippen molar-refractivity contribution < 1.29 is 0 Å². The lowest BCUT2D eigenvalue weighted by Crippen LogP contribution is -2.37. The highest BCUT2D eigenvalue weighted by Crippen LogP contribution is 2.15. The summed E-state index contributed by atoms with van der Waals surface area (Å²) in [6, 6.07) is 16.6. The molecule has 0 unspecified atom stereocenters. The first-order chi connectivity index (χ1) is 12.8. The predicted molar refractivity (Wildman–Crippen MR) is 106 cm³/mol. The third-order valence-corrected chi connectivity index (χ3v) is 4.23. The molecule has 2 N–H and O–H groups in total. The van der Waals surface area contributed by atoms with E-state index in [4.69, 9.17) is 4.99 Å². The van der Waals surface area contributed by atoms with Gasteiger partial charge in [-0.05, 0) is 36.6 Å². The van der Waals surface area contributed by atoms with Gasteiger partial charge in [0.2, 0.25) is 0 Å². The summed E-state index contributed by atoms with van der Waals surface area (Å²) in [5.41, 5.74) is 4.81. The Hall–Kier alpha value is -3.08. The van der Waals surface area contributed by atoms with E-state index in [1.54, 1.807) is 6.20 Å². The van der Waals surface area contributed by atoms with Crippen LogP contribution in [0.2, 0.25) is 0 Å². The Kier molecular flexibility index (Phi) is 6.04. The van der Waals surface area contributed by atoms with Gasteiger partial charge >= 0.3 is 0 Å². The fraction of sp³-hybridized carbons (Fsp3) is 0.238. The maximum Gasteiger partial charge on any atom is 0.191 e. The van der Waals surface area contributed by atoms with E-state index in [0.29, 0.717) is 6.54 Å². The van der Waals surface area contributed by atoms with Gasteiger partial charge in [-0.1, -0.05) is 42.5 Å². The van der Waals surface area contributed by atoms with Crippen LogP contribution in [-0.2, 0) is 13.1 Å². The third kappa shape index (κ3) is 4.51. The molecule has 0 saturated heterocycles. The number of aryl methyl sites for hydroxylation is 1. The minimum absolute atomic E-state index is 0.595. The summed E-state index contributed by atoms with van der Waals surface area (Å²) in [4.78, 5) is 8.90. The summed E-state index contributed by atoms with van der Waals surface area (Å²) in [6.07, 6.45) is 5.54. The summed E-state index contributed by atoms with van der Waals surface area (Å²) < 4.78 is 2.01. The van der Waals surface area contributed by atoms with E-state index >= 15 is 0 Å². The second-order valence-corrected chi connectivity index (χ2v) is 6.07. The smallest absolute Gasteiger partial charge is 0.191 e. The number of aromatic nitrogens is 2. The average Bonchev–Trinajstić information content (AvgIpc) is 3.20. The molecular formula is C21H25N5. The molecule has 1 aromatic heterocycles. The number of rotatable bonds is 6. The summed E-state index contributed by atoms with van der Waals surface area (Å²) in [6.45, 7) is 6.37. The van der Waals surface area contributed by atoms with E-state index in [1.807, 2.05) is 29.2 Å². The minimum Gasteiger partial charge on any atom is -0.357 e. The van der Waals surface area contributed by atoms with Gasteiger partial charge in [-0.3, -0.25) is 0 Å². The van der Waals surface area contributed by atoms with Gasteiger partial charge in [0, 0.05) is 25.5 Å². The molecule has 3 aromatic rings. The summed E-state index contributed by atoms with van der Waals surface area (Å²) in [5, 5.41) is 6.74. The zero-order valence-corrected chi connectivity index (χ0v) is 15.3. The van der Waals surface area contributed by atoms with Crippen LogP contribution >= 0.6 is 0 Å². The molecule has 3 rings (SSSR count). The molecule has 0 aliphatic rings. The van der Waals surface area contributed by atoms with Crippen molar-refractivity contribution in [2.45, 2.75) is 26.9 Å². The van der Waals surface area contributed by atoms with Gasteiger partial charge in [0.05, 0.1) is 18.6 Å². The number of hydrogen-bond acceptors (Lipinski definition) is 2. The van der Waals surface area contributed by atoms with Crippen LogP contribution in [0.15, 0.2) is 72.2 Å². The van der Waals surface area contributed by atoms with Crippen LogP contribution in [0.4, 0.5) is 0 Å². The van der Waals surface area contributed by atoms with Crippen molar-refractivity contribution in [3.63, 3.8) is 0 Å². The van der Waals surface area contributed by atoms with Crippen molar-refractivity contribution in [2.24, 2.45) is 4.99 Å². The Labute approximate surface area is 154 Å². The first kappa shape index (κ1) is 17.7. The number of imidazole rings is 1. The van der Waals surface area contributed by atoms with Crippen LogP contribution in [0.5, 0.6) is 0 Å². The molecule has 0 saturated carbocycles. The van der Waals surface area contributed by atoms with E-state index in [0.717, 1.165) is 30.3 Å². The quantitative estimate of drug-likeness (QED) is 0.530. The zero-order valence-electron chi connectivity index (χ0n) is 15.3. The molecule has 5 heteroatoms. The van der Waals surface area contributed by atoms with Gasteiger partial charge in [-0.25, -0.2) is 9.98 Å². The molecule has 1 heterocycles. The van der Waals surface area contributed by atoms with Gasteiger partial charge in [0.1, 0.15) is 0 Å². The highest BCUT2D eigenvalue weighted by atomic mass is 15.2. The molecule has 0 spiro atoms. The fourth-order valence-electron chi connectivity index (χ4n) is 2.79. The highest BCUT2D eigenvalue weighted by Gasteiger charge is 2.05. The predicted octanol–water partition coefficient (Wildman–Crippen LogP) is 3.44. The van der Waals surface area contributed by atoms with E-state index in [9.17, 15) is 0 Å². The molecule has 0 amide bonds. The molecule has 0 bridgehead atoms. The monoisotopic (exact) mass is 347 g/mol. The topological polar surface area (TPSA) is 54.2 Å². The lowest BCUT2D eigenvalue weighted by atomic mass is 10.1. The molecule has 0 fully saturated rings. The lowest BCUT2D eigenvalue weighted by Gasteiger charge is -2.13. The van der Waals surface area contributed by atoms with Crippen LogP contribution < -0.4 is 10.6 Å². The zero-order chi connectivity index (χ0) is 18.2. The Morgan fingerprint density at radius 3 is 2.54 bits per heavy atom. The number of para-hydroxylation sites is 1. The number of benzene rings is 2. The van der Waals surface area contributed by atoms with Gasteiger partial charge in [0.25, 0.3) is 0 Å². The SMILES string of the molecule is CCNC(=NCc1ccccc1-n1ccnc1)NCc1ccccc1C. The summed E-state index contributed by atoms with van der Waals surface area (Å²) in [5.74, 6) is 0.816. The number of hydrogen-bond donors (Lipinski definition) is 2. The molecular weight excluding hydrogens is 322 g/mol. The minimum atomic E-state index is 0.595. The number of guanidine groups is 1. The van der Waals surface area contributed by atoms with Crippen molar-refractivity contribution in [1.29, 1.82) is 0 Å². The van der Waals surface area contributed by atoms with E-state index < -0.39 is 0 Å². The van der Waals surface area contributed by atoms with Crippen molar-refractivity contribution in [2.75, 3.05) is 6.54 Å². The van der Waals surface area contributed by atoms with Crippen LogP contribution in [0.3, 0.4) is 0 Å². The number of aliphatic imine (C=N–C) groups is 1. The Bertz CT molecular complexity index is 852. The largest absolute Gasteiger partial charge is 0.357 e. The van der Waals surface area contributed by atoms with Crippen LogP contribution in [0, 0.1) is 6.92 Å². The summed E-state index contributed by atoms with van der Waals surface area (Å²) >= 11 is 0. The number of nitrogens with zero attached hydrogens (tertiary/aromatic N) is 3. The standard InChI is InChI=1S/C21H25N5/c1-3-23-21(24-14-18-9-5-4-8-17(18)2)25-15-19-10-6-7-11-20(19)26-13-12-22-16-26/h4-13,16H,3,14-15H2,1-2H3,(H2,23,24,25). The highest BCUT2D eigenvalue weighted by molar-refractivity contribution is 5.79. The second kappa shape index (κ2) is 8.85. The first-order valence-electron chi connectivity index (χ1n) is 8.91. The maximum absolute atomic E-state index is 4.76. The Balaban J connectivity index is 1.73. The molecule has 134 valence electrons. The van der Waals surface area contributed by atoms with Gasteiger partial charge in [0.15, 0.2) is 5.96 Å². The first-order valence-corrected chi connectivity index (χ1v) is 8.91. The van der Waals surface area contributed by atoms with Crippen molar-refractivity contribution in [3.8, 4) is 5.69 Å². The average molecular weight is 347 g/mol. The fourth-order valence-corrected chi connectivity index (χ4v) is 2.79. The normalized spacial score (nSPS) is 11.4. The van der Waals surface area contributed by atoms with Gasteiger partial charge in [-0.2, -0.15) is 0 Å². The van der Waals surface area contributed by atoms with E-state index in [1.165, 1.54) is 11.1 Å². The maximum atomic E-state index is 4.76. The summed E-state index contributed by atoms with van der Waals surface area (Å²) in [7, 11) is 0. The van der Waals surface area contributed by atoms with Gasteiger partial charge in [-0.15, -0.1) is 0 Å². The van der Waals surface area contributed by atoms with Crippen molar-refractivity contribution in [3.05, 3.63) is 83.9 Å². The second-order valence-electron chi connectivity index (χ2n) is 6.07. The van der Waals surface area contributed by atoms with Gasteiger partial charge < -0.3 is 15.2 Å². The third-order valence-electron chi connectivity index (χ3n) is 4.23. The molecule has 26 heavy (non-hydrogen) atoms. The van der Waals surface area contributed by atoms with Crippen LogP contribution in [0.25, 0.3) is 5.69 Å². The molecule has 0 atom stereocenters.